The normalized spacial score (nSPS) is 10.3. The second kappa shape index (κ2) is 9.90. The number of hydrogen-bond donors (Lipinski definition) is 2. The lowest BCUT2D eigenvalue weighted by Gasteiger charge is -2.20. The quantitative estimate of drug-likeness (QED) is 0.543. The number of carbonyl (C=O) groups excluding carboxylic acids is 2. The number of anilines is 1. The Labute approximate surface area is 155 Å². The molecule has 0 aliphatic heterocycles. The van der Waals surface area contributed by atoms with Crippen LogP contribution in [0.4, 0.5) is 14.7 Å². The van der Waals surface area contributed by atoms with Crippen molar-refractivity contribution in [2.75, 3.05) is 11.9 Å². The van der Waals surface area contributed by atoms with Crippen molar-refractivity contribution < 1.29 is 14.3 Å². The molecule has 0 unspecified atom stereocenters. The van der Waals surface area contributed by atoms with Crippen LogP contribution < -0.4 is 5.32 Å². The van der Waals surface area contributed by atoms with Gasteiger partial charge in [-0.2, -0.15) is 0 Å². The van der Waals surface area contributed by atoms with E-state index in [0.29, 0.717) is 15.5 Å². The van der Waals surface area contributed by atoms with Crippen molar-refractivity contribution in [2.24, 2.45) is 0 Å². The van der Waals surface area contributed by atoms with E-state index in [-0.39, 0.29) is 13.2 Å². The van der Waals surface area contributed by atoms with Gasteiger partial charge in [-0.3, -0.25) is 10.4 Å². The van der Waals surface area contributed by atoms with Crippen LogP contribution in [0.3, 0.4) is 0 Å². The average molecular weight is 380 g/mol. The number of ether oxygens (including phenoxy) is 1. The maximum atomic E-state index is 12.4. The minimum Gasteiger partial charge on any atom is -0.444 e. The number of benzene rings is 1. The lowest BCUT2D eigenvalue weighted by molar-refractivity contribution is 0.106. The van der Waals surface area contributed by atoms with E-state index in [1.165, 1.54) is 0 Å². The lowest BCUT2D eigenvalue weighted by Crippen LogP contribution is -2.41. The van der Waals surface area contributed by atoms with Crippen molar-refractivity contribution in [1.29, 1.82) is 0 Å². The van der Waals surface area contributed by atoms with Gasteiger partial charge >= 0.3 is 12.1 Å². The molecule has 1 aromatic carbocycles. The molecule has 1 heterocycles. The first-order chi connectivity index (χ1) is 12.1. The highest BCUT2D eigenvalue weighted by Crippen LogP contribution is 2.13. The molecule has 7 nitrogen and oxygen atoms in total. The Morgan fingerprint density at radius 1 is 1.32 bits per heavy atom. The monoisotopic (exact) mass is 380 g/mol. The van der Waals surface area contributed by atoms with Crippen molar-refractivity contribution in [1.82, 2.24) is 15.1 Å². The van der Waals surface area contributed by atoms with Crippen LogP contribution >= 0.6 is 23.6 Å². The Hall–Kier alpha value is -2.26. The molecule has 1 aromatic heterocycles. The summed E-state index contributed by atoms with van der Waals surface area (Å²) in [5.41, 5.74) is 0.857. The van der Waals surface area contributed by atoms with E-state index < -0.39 is 12.1 Å². The summed E-state index contributed by atoms with van der Waals surface area (Å²) in [6.45, 7) is 2.44. The van der Waals surface area contributed by atoms with Gasteiger partial charge in [0.05, 0.1) is 0 Å². The van der Waals surface area contributed by atoms with Gasteiger partial charge in [0.15, 0.2) is 3.95 Å². The zero-order valence-corrected chi connectivity index (χ0v) is 15.5. The Morgan fingerprint density at radius 3 is 2.72 bits per heavy atom. The fraction of sp³-hybridized carbons (Fsp3) is 0.375. The molecular weight excluding hydrogens is 360 g/mol. The fourth-order valence-electron chi connectivity index (χ4n) is 2.04. The molecule has 0 saturated carbocycles. The molecule has 0 aliphatic rings. The number of H-pyrrole nitrogens is 1. The molecular formula is C16H20N4O3S2. The smallest absolute Gasteiger partial charge is 0.418 e. The molecule has 2 aromatic rings. The number of hydrogen-bond acceptors (Lipinski definition) is 6. The molecule has 0 aliphatic carbocycles. The summed E-state index contributed by atoms with van der Waals surface area (Å²) in [6.07, 6.45) is 1.92. The summed E-state index contributed by atoms with van der Waals surface area (Å²) >= 11 is 6.05. The number of aromatic nitrogens is 2. The van der Waals surface area contributed by atoms with Gasteiger partial charge in [0, 0.05) is 6.54 Å². The largest absolute Gasteiger partial charge is 0.444 e. The van der Waals surface area contributed by atoms with E-state index in [2.05, 4.69) is 22.4 Å². The second-order valence-corrected chi connectivity index (χ2v) is 6.91. The number of aromatic amines is 1. The summed E-state index contributed by atoms with van der Waals surface area (Å²) in [5.74, 6) is 0. The number of nitrogens with zero attached hydrogens (tertiary/aromatic N) is 2. The zero-order valence-electron chi connectivity index (χ0n) is 13.9. The molecule has 134 valence electrons. The summed E-state index contributed by atoms with van der Waals surface area (Å²) in [4.78, 5) is 25.8. The molecule has 2 N–H and O–H groups in total. The molecule has 9 heteroatoms. The Morgan fingerprint density at radius 2 is 2.08 bits per heavy atom. The van der Waals surface area contributed by atoms with Crippen LogP contribution in [0.2, 0.25) is 0 Å². The molecule has 0 radical (unpaired) electrons. The minimum absolute atomic E-state index is 0.110. The van der Waals surface area contributed by atoms with E-state index in [9.17, 15) is 9.59 Å². The van der Waals surface area contributed by atoms with Crippen LogP contribution in [-0.4, -0.2) is 33.8 Å². The number of amides is 3. The van der Waals surface area contributed by atoms with Crippen molar-refractivity contribution in [3.63, 3.8) is 0 Å². The van der Waals surface area contributed by atoms with Crippen molar-refractivity contribution in [3.05, 3.63) is 39.8 Å². The van der Waals surface area contributed by atoms with E-state index in [1.807, 2.05) is 30.3 Å². The molecule has 0 bridgehead atoms. The van der Waals surface area contributed by atoms with Gasteiger partial charge in [-0.1, -0.05) is 61.4 Å². The van der Waals surface area contributed by atoms with Crippen LogP contribution in [-0.2, 0) is 11.3 Å². The number of carbonyl (C=O) groups is 2. The maximum Gasteiger partial charge on any atom is 0.418 e. The Bertz CT molecular complexity index is 745. The van der Waals surface area contributed by atoms with E-state index in [0.717, 1.165) is 34.6 Å². The third-order valence-electron chi connectivity index (χ3n) is 3.31. The zero-order chi connectivity index (χ0) is 18.1. The average Bonchev–Trinajstić information content (AvgIpc) is 3.02. The molecule has 25 heavy (non-hydrogen) atoms. The van der Waals surface area contributed by atoms with Gasteiger partial charge in [-0.15, -0.1) is 5.10 Å². The fourth-order valence-corrected chi connectivity index (χ4v) is 2.81. The lowest BCUT2D eigenvalue weighted by atomic mass is 10.2. The summed E-state index contributed by atoms with van der Waals surface area (Å²) in [7, 11) is 0. The van der Waals surface area contributed by atoms with Crippen molar-refractivity contribution in [2.45, 2.75) is 32.8 Å². The van der Waals surface area contributed by atoms with Crippen molar-refractivity contribution in [3.8, 4) is 0 Å². The first-order valence-corrected chi connectivity index (χ1v) is 9.17. The predicted octanol–water partition coefficient (Wildman–Crippen LogP) is 4.56. The van der Waals surface area contributed by atoms with E-state index in [4.69, 9.17) is 17.0 Å². The van der Waals surface area contributed by atoms with Crippen LogP contribution in [0.15, 0.2) is 30.3 Å². The van der Waals surface area contributed by atoms with Gasteiger partial charge < -0.3 is 4.74 Å². The number of rotatable bonds is 7. The van der Waals surface area contributed by atoms with Crippen LogP contribution in [0.5, 0.6) is 0 Å². The highest BCUT2D eigenvalue weighted by atomic mass is 32.1. The number of unbranched alkanes of at least 4 members (excludes halogenated alkanes) is 2. The summed E-state index contributed by atoms with van der Waals surface area (Å²) in [5, 5.41) is 9.32. The SMILES string of the molecule is CCCCCN(C(=O)Nc1n[nH]c(=S)s1)C(=O)OCc1ccccc1. The Balaban J connectivity index is 1.98. The highest BCUT2D eigenvalue weighted by Gasteiger charge is 2.23. The molecule has 0 atom stereocenters. The van der Waals surface area contributed by atoms with E-state index in [1.54, 1.807) is 0 Å². The minimum atomic E-state index is -0.684. The highest BCUT2D eigenvalue weighted by molar-refractivity contribution is 7.73. The first kappa shape index (κ1) is 19.1. The van der Waals surface area contributed by atoms with Gasteiger partial charge in [0.25, 0.3) is 0 Å². The molecule has 3 amide bonds. The number of urea groups is 1. The maximum absolute atomic E-state index is 12.4. The van der Waals surface area contributed by atoms with Crippen LogP contribution in [0.25, 0.3) is 0 Å². The molecule has 0 fully saturated rings. The topological polar surface area (TPSA) is 87.3 Å². The third kappa shape index (κ3) is 6.28. The van der Waals surface area contributed by atoms with Gasteiger partial charge in [-0.25, -0.2) is 14.5 Å². The van der Waals surface area contributed by atoms with Crippen LogP contribution in [0, 0.1) is 3.95 Å². The predicted molar refractivity (Wildman–Crippen MR) is 99.2 cm³/mol. The molecule has 0 saturated heterocycles. The standard InChI is InChI=1S/C16H20N4O3S2/c1-2-3-7-10-20(14(21)17-13-18-19-15(24)25-13)16(22)23-11-12-8-5-4-6-9-12/h4-6,8-9H,2-3,7,10-11H2,1H3,(H,19,24)(H,17,18,21). The van der Waals surface area contributed by atoms with Crippen molar-refractivity contribution >= 4 is 40.8 Å². The van der Waals surface area contributed by atoms with E-state index >= 15 is 0 Å². The molecule has 2 rings (SSSR count). The second-order valence-electron chi connectivity index (χ2n) is 5.25. The van der Waals surface area contributed by atoms with Crippen LogP contribution in [0.1, 0.15) is 31.7 Å². The van der Waals surface area contributed by atoms with Gasteiger partial charge in [-0.05, 0) is 24.2 Å². The number of imide groups is 1. The summed E-state index contributed by atoms with van der Waals surface area (Å²) in [6, 6.07) is 8.73. The third-order valence-corrected chi connectivity index (χ3v) is 4.31. The summed E-state index contributed by atoms with van der Waals surface area (Å²) < 4.78 is 5.71. The first-order valence-electron chi connectivity index (χ1n) is 7.95. The number of nitrogens with one attached hydrogen (secondary N) is 2. The van der Waals surface area contributed by atoms with Gasteiger partial charge in [0.2, 0.25) is 5.13 Å². The molecule has 0 spiro atoms. The Kier molecular flexibility index (Phi) is 7.55. The van der Waals surface area contributed by atoms with Gasteiger partial charge in [0.1, 0.15) is 6.61 Å².